The van der Waals surface area contributed by atoms with Crippen molar-refractivity contribution in [1.82, 2.24) is 20.8 Å². The molecular formula is C19H16Cl2N4O4. The topological polar surface area (TPSA) is 106 Å². The number of nitrogens with zero attached hydrogens (tertiary/aromatic N) is 2. The normalized spacial score (nSPS) is 10.4. The van der Waals surface area contributed by atoms with Crippen LogP contribution in [-0.2, 0) is 4.79 Å². The molecule has 10 heteroatoms. The maximum absolute atomic E-state index is 12.1. The molecule has 3 rings (SSSR count). The van der Waals surface area contributed by atoms with Crippen molar-refractivity contribution in [3.63, 3.8) is 0 Å². The van der Waals surface area contributed by atoms with Crippen molar-refractivity contribution in [2.45, 2.75) is 0 Å². The zero-order valence-corrected chi connectivity index (χ0v) is 16.5. The average molecular weight is 435 g/mol. The Bertz CT molecular complexity index is 1010. The molecule has 0 aliphatic heterocycles. The lowest BCUT2D eigenvalue weighted by Crippen LogP contribution is -2.36. The number of carbonyl (C=O) groups excluding carboxylic acids is 2. The molecule has 0 radical (unpaired) electrons. The van der Waals surface area contributed by atoms with E-state index in [0.29, 0.717) is 21.4 Å². The molecule has 2 N–H and O–H groups in total. The third kappa shape index (κ3) is 5.94. The van der Waals surface area contributed by atoms with Crippen LogP contribution >= 0.6 is 23.2 Å². The van der Waals surface area contributed by atoms with Gasteiger partial charge in [0, 0.05) is 23.7 Å². The number of nitrogens with one attached hydrogen (secondary N) is 2. The first-order valence-electron chi connectivity index (χ1n) is 8.55. The quantitative estimate of drug-likeness (QED) is 0.527. The predicted octanol–water partition coefficient (Wildman–Crippen LogP) is 2.97. The van der Waals surface area contributed by atoms with Gasteiger partial charge in [-0.2, -0.15) is 4.98 Å². The minimum absolute atomic E-state index is 0.172. The first-order valence-corrected chi connectivity index (χ1v) is 9.30. The van der Waals surface area contributed by atoms with Gasteiger partial charge in [0.05, 0.1) is 5.02 Å². The zero-order valence-electron chi connectivity index (χ0n) is 15.0. The van der Waals surface area contributed by atoms with E-state index >= 15 is 0 Å². The molecular weight excluding hydrogens is 419 g/mol. The molecule has 0 atom stereocenters. The van der Waals surface area contributed by atoms with Gasteiger partial charge in [0.1, 0.15) is 5.75 Å². The van der Waals surface area contributed by atoms with Gasteiger partial charge in [-0.25, -0.2) is 0 Å². The standard InChI is InChI=1S/C19H16Cl2N4O4/c20-13-5-3-4-12(10-13)17-24-19(29-25-17)18(27)23-9-8-22-16(26)11-28-15-7-2-1-6-14(15)21/h1-7,10H,8-9,11H2,(H,22,26)(H,23,27). The summed E-state index contributed by atoms with van der Waals surface area (Å²) in [6.07, 6.45) is 0. The number of para-hydroxylation sites is 1. The minimum atomic E-state index is -0.549. The van der Waals surface area contributed by atoms with Crippen LogP contribution < -0.4 is 15.4 Å². The molecule has 1 aromatic heterocycles. The second-order valence-corrected chi connectivity index (χ2v) is 6.60. The molecule has 0 saturated heterocycles. The summed E-state index contributed by atoms with van der Waals surface area (Å²) < 4.78 is 10.3. The molecule has 3 aromatic rings. The van der Waals surface area contributed by atoms with E-state index in [1.54, 1.807) is 48.5 Å². The third-order valence-electron chi connectivity index (χ3n) is 3.63. The fraction of sp³-hybridized carbons (Fsp3) is 0.158. The largest absolute Gasteiger partial charge is 0.482 e. The van der Waals surface area contributed by atoms with E-state index in [2.05, 4.69) is 20.8 Å². The smallest absolute Gasteiger partial charge is 0.316 e. The van der Waals surface area contributed by atoms with Crippen molar-refractivity contribution in [3.05, 3.63) is 64.5 Å². The van der Waals surface area contributed by atoms with Crippen LogP contribution in [0.1, 0.15) is 10.7 Å². The molecule has 150 valence electrons. The second-order valence-electron chi connectivity index (χ2n) is 5.76. The second kappa shape index (κ2) is 9.90. The summed E-state index contributed by atoms with van der Waals surface area (Å²) in [4.78, 5) is 27.9. The molecule has 0 fully saturated rings. The van der Waals surface area contributed by atoms with Gasteiger partial charge >= 0.3 is 11.8 Å². The Morgan fingerprint density at radius 1 is 1.03 bits per heavy atom. The highest BCUT2D eigenvalue weighted by Gasteiger charge is 2.16. The van der Waals surface area contributed by atoms with Crippen LogP contribution in [0.25, 0.3) is 11.4 Å². The molecule has 0 spiro atoms. The molecule has 0 unspecified atom stereocenters. The fourth-order valence-electron chi connectivity index (χ4n) is 2.27. The molecule has 1 heterocycles. The number of hydrogen-bond donors (Lipinski definition) is 2. The Balaban J connectivity index is 1.40. The van der Waals surface area contributed by atoms with Gasteiger partial charge in [0.2, 0.25) is 5.82 Å². The Hall–Kier alpha value is -3.10. The van der Waals surface area contributed by atoms with E-state index in [1.807, 2.05) is 0 Å². The SMILES string of the molecule is O=C(COc1ccccc1Cl)NCCNC(=O)c1nc(-c2cccc(Cl)c2)no1. The van der Waals surface area contributed by atoms with E-state index in [4.69, 9.17) is 32.5 Å². The number of rotatable bonds is 8. The fourth-order valence-corrected chi connectivity index (χ4v) is 2.65. The summed E-state index contributed by atoms with van der Waals surface area (Å²) in [5.74, 6) is -0.409. The van der Waals surface area contributed by atoms with Crippen molar-refractivity contribution in [2.75, 3.05) is 19.7 Å². The molecule has 8 nitrogen and oxygen atoms in total. The van der Waals surface area contributed by atoms with E-state index in [-0.39, 0.29) is 37.3 Å². The number of hydrogen-bond acceptors (Lipinski definition) is 6. The monoisotopic (exact) mass is 434 g/mol. The predicted molar refractivity (Wildman–Crippen MR) is 107 cm³/mol. The van der Waals surface area contributed by atoms with Gasteiger partial charge in [0.15, 0.2) is 6.61 Å². The average Bonchev–Trinajstić information content (AvgIpc) is 3.21. The number of benzene rings is 2. The molecule has 0 saturated carbocycles. The third-order valence-corrected chi connectivity index (χ3v) is 4.18. The summed E-state index contributed by atoms with van der Waals surface area (Å²) in [6.45, 7) is 0.182. The zero-order chi connectivity index (χ0) is 20.6. The van der Waals surface area contributed by atoms with E-state index < -0.39 is 5.91 Å². The maximum Gasteiger partial charge on any atom is 0.316 e. The van der Waals surface area contributed by atoms with Crippen LogP contribution in [0.5, 0.6) is 5.75 Å². The highest BCUT2D eigenvalue weighted by molar-refractivity contribution is 6.32. The van der Waals surface area contributed by atoms with E-state index in [9.17, 15) is 9.59 Å². The lowest BCUT2D eigenvalue weighted by Gasteiger charge is -2.08. The first-order chi connectivity index (χ1) is 14.0. The summed E-state index contributed by atoms with van der Waals surface area (Å²) in [6, 6.07) is 13.7. The molecule has 0 bridgehead atoms. The summed E-state index contributed by atoms with van der Waals surface area (Å²) >= 11 is 11.9. The number of ether oxygens (including phenoxy) is 1. The van der Waals surface area contributed by atoms with Gasteiger partial charge in [0.25, 0.3) is 5.91 Å². The van der Waals surface area contributed by atoms with Gasteiger partial charge < -0.3 is 19.9 Å². The Kier molecular flexibility index (Phi) is 7.04. The van der Waals surface area contributed by atoms with Crippen LogP contribution in [0.4, 0.5) is 0 Å². The number of amides is 2. The highest BCUT2D eigenvalue weighted by atomic mass is 35.5. The van der Waals surface area contributed by atoms with Crippen LogP contribution in [0.3, 0.4) is 0 Å². The Morgan fingerprint density at radius 2 is 1.83 bits per heavy atom. The van der Waals surface area contributed by atoms with Crippen LogP contribution in [0.15, 0.2) is 53.1 Å². The molecule has 2 amide bonds. The summed E-state index contributed by atoms with van der Waals surface area (Å²) in [5, 5.41) is 9.89. The Labute approximate surface area is 176 Å². The van der Waals surface area contributed by atoms with Crippen molar-refractivity contribution in [1.29, 1.82) is 0 Å². The van der Waals surface area contributed by atoms with Crippen LogP contribution in [0, 0.1) is 0 Å². The van der Waals surface area contributed by atoms with E-state index in [0.717, 1.165) is 0 Å². The van der Waals surface area contributed by atoms with Gasteiger partial charge in [-0.05, 0) is 24.3 Å². The number of halogens is 2. The van der Waals surface area contributed by atoms with Crippen molar-refractivity contribution >= 4 is 35.0 Å². The maximum atomic E-state index is 12.1. The van der Waals surface area contributed by atoms with Crippen molar-refractivity contribution < 1.29 is 18.8 Å². The molecule has 0 aliphatic carbocycles. The van der Waals surface area contributed by atoms with Crippen molar-refractivity contribution in [3.8, 4) is 17.1 Å². The summed E-state index contributed by atoms with van der Waals surface area (Å²) in [7, 11) is 0. The van der Waals surface area contributed by atoms with Crippen LogP contribution in [0.2, 0.25) is 10.0 Å². The number of carbonyl (C=O) groups is 2. The molecule has 2 aromatic carbocycles. The van der Waals surface area contributed by atoms with Crippen LogP contribution in [-0.4, -0.2) is 41.7 Å². The lowest BCUT2D eigenvalue weighted by atomic mass is 10.2. The Morgan fingerprint density at radius 3 is 2.62 bits per heavy atom. The lowest BCUT2D eigenvalue weighted by molar-refractivity contribution is -0.123. The number of aromatic nitrogens is 2. The van der Waals surface area contributed by atoms with E-state index in [1.165, 1.54) is 0 Å². The minimum Gasteiger partial charge on any atom is -0.482 e. The van der Waals surface area contributed by atoms with Gasteiger partial charge in [-0.15, -0.1) is 0 Å². The molecule has 29 heavy (non-hydrogen) atoms. The van der Waals surface area contributed by atoms with Gasteiger partial charge in [-0.3, -0.25) is 9.59 Å². The first kappa shape index (κ1) is 20.6. The summed E-state index contributed by atoms with van der Waals surface area (Å²) in [5.41, 5.74) is 0.631. The highest BCUT2D eigenvalue weighted by Crippen LogP contribution is 2.22. The van der Waals surface area contributed by atoms with Crippen molar-refractivity contribution in [2.24, 2.45) is 0 Å². The van der Waals surface area contributed by atoms with Gasteiger partial charge in [-0.1, -0.05) is 52.6 Å². The molecule has 0 aliphatic rings.